The highest BCUT2D eigenvalue weighted by Crippen LogP contribution is 2.42. The number of aromatic nitrogens is 2. The molecule has 2 aromatic heterocycles. The fourth-order valence-corrected chi connectivity index (χ4v) is 4.13. The van der Waals surface area contributed by atoms with Gasteiger partial charge in [0.05, 0.1) is 11.1 Å². The first kappa shape index (κ1) is 17.5. The lowest BCUT2D eigenvalue weighted by molar-refractivity contribution is -0.113. The molecular weight excluding hydrogens is 372 g/mol. The Hall–Kier alpha value is -3.62. The molecule has 1 fully saturated rings. The van der Waals surface area contributed by atoms with Gasteiger partial charge in [0.2, 0.25) is 5.96 Å². The largest absolute Gasteiger partial charge is 0.423 e. The molecule has 3 aromatic rings. The number of amides is 1. The number of nitrogens with one attached hydrogen (secondary N) is 3. The molecule has 0 bridgehead atoms. The van der Waals surface area contributed by atoms with E-state index in [0.29, 0.717) is 28.9 Å². The van der Waals surface area contributed by atoms with E-state index in [1.807, 2.05) is 31.2 Å². The van der Waals surface area contributed by atoms with E-state index in [4.69, 9.17) is 13.9 Å². The van der Waals surface area contributed by atoms with Crippen LogP contribution in [0.5, 0.6) is 0 Å². The monoisotopic (exact) mass is 392 g/mol. The second kappa shape index (κ2) is 6.77. The molecule has 1 amide bonds. The van der Waals surface area contributed by atoms with Crippen molar-refractivity contribution < 1.29 is 13.7 Å². The molecule has 1 aliphatic carbocycles. The lowest BCUT2D eigenvalue weighted by Gasteiger charge is -2.33. The topological polar surface area (TPSA) is 118 Å². The van der Waals surface area contributed by atoms with Gasteiger partial charge in [0, 0.05) is 11.8 Å². The number of guanidine groups is 1. The highest BCUT2D eigenvalue weighted by molar-refractivity contribution is 6.08. The number of hydrogen-bond acceptors (Lipinski definition) is 8. The summed E-state index contributed by atoms with van der Waals surface area (Å²) in [6.45, 7) is 1.88. The highest BCUT2D eigenvalue weighted by atomic mass is 16.5. The zero-order valence-corrected chi connectivity index (χ0v) is 15.9. The number of allylic oxidation sites excluding steroid dienone is 1. The minimum Gasteiger partial charge on any atom is -0.423 e. The molecule has 29 heavy (non-hydrogen) atoms. The smallest absolute Gasteiger partial charge is 0.302 e. The van der Waals surface area contributed by atoms with Crippen molar-refractivity contribution in [2.45, 2.75) is 38.1 Å². The standard InChI is InChI=1S/C20H20N6O3/c1-12-16(17(27)23-15-8-11-28-26-15)20(9-4-5-10-20)25-18(21-12)24-19-22-13-6-2-3-7-14(13)29-19/h2-3,6-8,11H,4-5,9-10H2,1H3,(H,23,26,27)(H2,21,22,24,25). The number of hydrogen-bond donors (Lipinski definition) is 3. The molecule has 1 aliphatic heterocycles. The van der Waals surface area contributed by atoms with Crippen LogP contribution in [0.1, 0.15) is 32.6 Å². The molecule has 9 heteroatoms. The molecule has 0 saturated heterocycles. The summed E-state index contributed by atoms with van der Waals surface area (Å²) in [4.78, 5) is 22.3. The van der Waals surface area contributed by atoms with Gasteiger partial charge in [-0.3, -0.25) is 10.1 Å². The molecule has 0 unspecified atom stereocenters. The van der Waals surface area contributed by atoms with Crippen molar-refractivity contribution in [2.75, 3.05) is 10.6 Å². The molecule has 9 nitrogen and oxygen atoms in total. The molecule has 3 N–H and O–H groups in total. The average molecular weight is 392 g/mol. The molecule has 3 heterocycles. The van der Waals surface area contributed by atoms with Crippen LogP contribution in [-0.2, 0) is 4.79 Å². The predicted octanol–water partition coefficient (Wildman–Crippen LogP) is 3.41. The zero-order chi connectivity index (χ0) is 19.8. The number of para-hydroxylation sites is 2. The first-order chi connectivity index (χ1) is 14.1. The van der Waals surface area contributed by atoms with E-state index in [-0.39, 0.29) is 5.91 Å². The number of benzene rings is 1. The molecule has 0 atom stereocenters. The average Bonchev–Trinajstić information content (AvgIpc) is 3.42. The number of nitrogens with zero attached hydrogens (tertiary/aromatic N) is 3. The normalized spacial score (nSPS) is 18.0. The Morgan fingerprint density at radius 3 is 2.79 bits per heavy atom. The molecule has 2 aliphatic rings. The summed E-state index contributed by atoms with van der Waals surface area (Å²) in [7, 11) is 0. The van der Waals surface area contributed by atoms with Crippen molar-refractivity contribution in [3.8, 4) is 0 Å². The number of oxazole rings is 1. The fraction of sp³-hybridized carbons (Fsp3) is 0.300. The van der Waals surface area contributed by atoms with Gasteiger partial charge in [-0.1, -0.05) is 30.1 Å². The maximum Gasteiger partial charge on any atom is 0.302 e. The fourth-order valence-electron chi connectivity index (χ4n) is 4.13. The molecule has 5 rings (SSSR count). The van der Waals surface area contributed by atoms with E-state index in [1.165, 1.54) is 6.26 Å². The number of fused-ring (bicyclic) bond motifs is 1. The van der Waals surface area contributed by atoms with Crippen LogP contribution in [0, 0.1) is 0 Å². The molecule has 1 saturated carbocycles. The van der Waals surface area contributed by atoms with Crippen molar-refractivity contribution in [3.63, 3.8) is 0 Å². The molecular formula is C20H20N6O3. The molecule has 0 radical (unpaired) electrons. The van der Waals surface area contributed by atoms with E-state index in [0.717, 1.165) is 36.9 Å². The summed E-state index contributed by atoms with van der Waals surface area (Å²) in [6.07, 6.45) is 5.03. The Morgan fingerprint density at radius 2 is 2.03 bits per heavy atom. The van der Waals surface area contributed by atoms with E-state index in [2.05, 4.69) is 26.1 Å². The van der Waals surface area contributed by atoms with Crippen LogP contribution in [0.2, 0.25) is 0 Å². The van der Waals surface area contributed by atoms with Gasteiger partial charge in [0.25, 0.3) is 5.91 Å². The van der Waals surface area contributed by atoms with Crippen LogP contribution in [0.3, 0.4) is 0 Å². The van der Waals surface area contributed by atoms with Crippen LogP contribution in [0.15, 0.2) is 61.8 Å². The number of carbonyl (C=O) groups is 1. The maximum absolute atomic E-state index is 13.0. The van der Waals surface area contributed by atoms with Crippen molar-refractivity contribution in [1.29, 1.82) is 0 Å². The first-order valence-corrected chi connectivity index (χ1v) is 9.56. The van der Waals surface area contributed by atoms with Gasteiger partial charge < -0.3 is 19.6 Å². The number of rotatable bonds is 3. The number of aliphatic imine (C=N–C) groups is 1. The predicted molar refractivity (Wildman–Crippen MR) is 107 cm³/mol. The van der Waals surface area contributed by atoms with Crippen molar-refractivity contribution in [2.24, 2.45) is 4.99 Å². The lowest BCUT2D eigenvalue weighted by atomic mass is 9.85. The Kier molecular flexibility index (Phi) is 4.08. The minimum absolute atomic E-state index is 0.226. The second-order valence-electron chi connectivity index (χ2n) is 7.27. The Labute approximate surface area is 166 Å². The third-order valence-corrected chi connectivity index (χ3v) is 5.33. The summed E-state index contributed by atoms with van der Waals surface area (Å²) in [5.74, 6) is 0.673. The Morgan fingerprint density at radius 1 is 1.21 bits per heavy atom. The van der Waals surface area contributed by atoms with Crippen molar-refractivity contribution in [1.82, 2.24) is 15.5 Å². The third-order valence-electron chi connectivity index (χ3n) is 5.33. The number of anilines is 2. The van der Waals surface area contributed by atoms with Gasteiger partial charge in [-0.15, -0.1) is 0 Å². The van der Waals surface area contributed by atoms with Crippen molar-refractivity contribution in [3.05, 3.63) is 47.9 Å². The van der Waals surface area contributed by atoms with Gasteiger partial charge in [0.15, 0.2) is 11.4 Å². The van der Waals surface area contributed by atoms with Gasteiger partial charge >= 0.3 is 6.01 Å². The minimum atomic E-state index is -0.586. The van der Waals surface area contributed by atoms with E-state index in [1.54, 1.807) is 6.07 Å². The maximum atomic E-state index is 13.0. The Balaban J connectivity index is 1.44. The van der Waals surface area contributed by atoms with Gasteiger partial charge in [-0.2, -0.15) is 4.98 Å². The first-order valence-electron chi connectivity index (χ1n) is 9.56. The second-order valence-corrected chi connectivity index (χ2v) is 7.27. The van der Waals surface area contributed by atoms with E-state index >= 15 is 0 Å². The van der Waals surface area contributed by atoms with Gasteiger partial charge in [-0.25, -0.2) is 4.99 Å². The lowest BCUT2D eigenvalue weighted by Crippen LogP contribution is -2.45. The highest BCUT2D eigenvalue weighted by Gasteiger charge is 2.44. The summed E-state index contributed by atoms with van der Waals surface area (Å²) in [6, 6.07) is 9.51. The summed E-state index contributed by atoms with van der Waals surface area (Å²) in [5.41, 5.74) is 2.24. The summed E-state index contributed by atoms with van der Waals surface area (Å²) in [5, 5.41) is 12.9. The molecule has 1 spiro atoms. The third kappa shape index (κ3) is 3.14. The molecule has 1 aromatic carbocycles. The van der Waals surface area contributed by atoms with Gasteiger partial charge in [-0.05, 0) is 31.9 Å². The number of carbonyl (C=O) groups excluding carboxylic acids is 1. The summed E-state index contributed by atoms with van der Waals surface area (Å²) < 4.78 is 10.5. The SMILES string of the molecule is CC1=C(C(=O)Nc2ccon2)C2(CCCC2)N=C(Nc2nc3ccccc3o2)N1. The van der Waals surface area contributed by atoms with Crippen LogP contribution in [0.4, 0.5) is 11.8 Å². The summed E-state index contributed by atoms with van der Waals surface area (Å²) >= 11 is 0. The van der Waals surface area contributed by atoms with Crippen LogP contribution in [0.25, 0.3) is 11.1 Å². The van der Waals surface area contributed by atoms with E-state index in [9.17, 15) is 4.79 Å². The zero-order valence-electron chi connectivity index (χ0n) is 15.9. The van der Waals surface area contributed by atoms with Crippen LogP contribution in [-0.4, -0.2) is 27.5 Å². The Bertz CT molecular complexity index is 1090. The quantitative estimate of drug-likeness (QED) is 0.625. The van der Waals surface area contributed by atoms with Crippen LogP contribution < -0.4 is 16.0 Å². The van der Waals surface area contributed by atoms with Crippen LogP contribution >= 0.6 is 0 Å². The van der Waals surface area contributed by atoms with Gasteiger partial charge in [0.1, 0.15) is 11.8 Å². The molecule has 148 valence electrons. The van der Waals surface area contributed by atoms with Crippen molar-refractivity contribution >= 4 is 34.8 Å². The van der Waals surface area contributed by atoms with E-state index < -0.39 is 5.54 Å².